The molecule has 20 heavy (non-hydrogen) atoms. The minimum Gasteiger partial charge on any atom is -0.464 e. The van der Waals surface area contributed by atoms with Crippen LogP contribution in [0.25, 0.3) is 16.5 Å². The van der Waals surface area contributed by atoms with Crippen molar-refractivity contribution in [3.63, 3.8) is 0 Å². The number of fused-ring (bicyclic) bond motifs is 2. The van der Waals surface area contributed by atoms with Crippen LogP contribution in [0.15, 0.2) is 39.9 Å². The van der Waals surface area contributed by atoms with Gasteiger partial charge in [0.05, 0.1) is 17.9 Å². The summed E-state index contributed by atoms with van der Waals surface area (Å²) in [6.07, 6.45) is 2.11. The summed E-state index contributed by atoms with van der Waals surface area (Å²) in [6, 6.07) is 6.59. The first-order valence-corrected chi connectivity index (χ1v) is 6.19. The van der Waals surface area contributed by atoms with Crippen molar-refractivity contribution < 1.29 is 9.53 Å². The molecular formula is C14H12N2O4. The van der Waals surface area contributed by atoms with Crippen molar-refractivity contribution >= 4 is 22.4 Å². The third-order valence-corrected chi connectivity index (χ3v) is 3.36. The number of allylic oxidation sites excluding steroid dienone is 1. The lowest BCUT2D eigenvalue weighted by Gasteiger charge is -2.21. The van der Waals surface area contributed by atoms with Gasteiger partial charge in [0, 0.05) is 6.54 Å². The molecule has 1 aromatic carbocycles. The Bertz CT molecular complexity index is 858. The second-order valence-corrected chi connectivity index (χ2v) is 4.46. The molecule has 0 atom stereocenters. The number of esters is 1. The fourth-order valence-corrected chi connectivity index (χ4v) is 2.44. The first-order valence-electron chi connectivity index (χ1n) is 6.19. The van der Waals surface area contributed by atoms with E-state index in [1.165, 1.54) is 11.8 Å². The van der Waals surface area contributed by atoms with Gasteiger partial charge < -0.3 is 4.74 Å². The quantitative estimate of drug-likeness (QED) is 0.712. The molecule has 3 rings (SSSR count). The Morgan fingerprint density at radius 3 is 2.45 bits per heavy atom. The Hall–Kier alpha value is -2.63. The predicted octanol–water partition coefficient (Wildman–Crippen LogP) is 0.581. The molecule has 1 aliphatic heterocycles. The van der Waals surface area contributed by atoms with E-state index in [2.05, 4.69) is 4.74 Å². The summed E-state index contributed by atoms with van der Waals surface area (Å²) in [4.78, 5) is 36.7. The SMILES string of the molecule is COC(=O)C1=CCCn2c(=O)c3ccccc3c(=O)n21. The van der Waals surface area contributed by atoms with Crippen LogP contribution in [0.2, 0.25) is 0 Å². The summed E-state index contributed by atoms with van der Waals surface area (Å²) in [6.45, 7) is 0.361. The monoisotopic (exact) mass is 272 g/mol. The smallest absolute Gasteiger partial charge is 0.356 e. The van der Waals surface area contributed by atoms with Crippen LogP contribution in [-0.4, -0.2) is 22.4 Å². The van der Waals surface area contributed by atoms with Gasteiger partial charge in [-0.05, 0) is 24.6 Å². The molecule has 1 aliphatic rings. The number of methoxy groups -OCH3 is 1. The van der Waals surface area contributed by atoms with Gasteiger partial charge in [-0.1, -0.05) is 12.1 Å². The van der Waals surface area contributed by atoms with Crippen LogP contribution in [0.5, 0.6) is 0 Å². The molecule has 0 bridgehead atoms. The van der Waals surface area contributed by atoms with Crippen LogP contribution < -0.4 is 11.1 Å². The Kier molecular flexibility index (Phi) is 2.78. The molecule has 6 heteroatoms. The van der Waals surface area contributed by atoms with E-state index in [1.54, 1.807) is 30.3 Å². The normalized spacial score (nSPS) is 13.8. The lowest BCUT2D eigenvalue weighted by molar-refractivity contribution is -0.134. The average Bonchev–Trinajstić information content (AvgIpc) is 2.51. The molecule has 0 radical (unpaired) electrons. The summed E-state index contributed by atoms with van der Waals surface area (Å²) in [5.74, 6) is -0.629. The maximum absolute atomic E-state index is 12.5. The molecule has 2 heterocycles. The summed E-state index contributed by atoms with van der Waals surface area (Å²) >= 11 is 0. The van der Waals surface area contributed by atoms with E-state index in [4.69, 9.17) is 0 Å². The Morgan fingerprint density at radius 2 is 1.80 bits per heavy atom. The number of benzene rings is 1. The van der Waals surface area contributed by atoms with Crippen molar-refractivity contribution in [2.75, 3.05) is 7.11 Å². The molecule has 0 aliphatic carbocycles. The minimum atomic E-state index is -0.629. The zero-order chi connectivity index (χ0) is 14.3. The summed E-state index contributed by atoms with van der Waals surface area (Å²) in [7, 11) is 1.24. The first kappa shape index (κ1) is 12.4. The van der Waals surface area contributed by atoms with E-state index in [0.29, 0.717) is 23.7 Å². The molecule has 0 amide bonds. The lowest BCUT2D eigenvalue weighted by atomic mass is 10.2. The Balaban J connectivity index is 2.45. The van der Waals surface area contributed by atoms with Crippen molar-refractivity contribution in [1.29, 1.82) is 0 Å². The molecule has 0 saturated heterocycles. The summed E-state index contributed by atoms with van der Waals surface area (Å²) in [5.41, 5.74) is -0.585. The third kappa shape index (κ3) is 1.61. The van der Waals surface area contributed by atoms with Crippen LogP contribution >= 0.6 is 0 Å². The molecule has 0 spiro atoms. The summed E-state index contributed by atoms with van der Waals surface area (Å²) < 4.78 is 7.07. The molecule has 1 aromatic heterocycles. The number of rotatable bonds is 1. The lowest BCUT2D eigenvalue weighted by Crippen LogP contribution is -2.41. The zero-order valence-electron chi connectivity index (χ0n) is 10.8. The van der Waals surface area contributed by atoms with Gasteiger partial charge in [0.1, 0.15) is 5.70 Å². The van der Waals surface area contributed by atoms with Gasteiger partial charge in [0.2, 0.25) is 0 Å². The number of ether oxygens (including phenoxy) is 1. The minimum absolute atomic E-state index is 0.0894. The van der Waals surface area contributed by atoms with Crippen LogP contribution in [0, 0.1) is 0 Å². The molecule has 0 fully saturated rings. The predicted molar refractivity (Wildman–Crippen MR) is 73.4 cm³/mol. The van der Waals surface area contributed by atoms with Crippen molar-refractivity contribution in [2.45, 2.75) is 13.0 Å². The van der Waals surface area contributed by atoms with Gasteiger partial charge in [0.25, 0.3) is 11.1 Å². The van der Waals surface area contributed by atoms with E-state index < -0.39 is 11.5 Å². The maximum Gasteiger partial charge on any atom is 0.356 e. The molecule has 0 saturated carbocycles. The second-order valence-electron chi connectivity index (χ2n) is 4.46. The highest BCUT2D eigenvalue weighted by Gasteiger charge is 2.23. The highest BCUT2D eigenvalue weighted by atomic mass is 16.5. The topological polar surface area (TPSA) is 70.3 Å². The first-order chi connectivity index (χ1) is 9.65. The number of carbonyl (C=O) groups excluding carboxylic acids is 1. The van der Waals surface area contributed by atoms with E-state index in [-0.39, 0.29) is 11.3 Å². The van der Waals surface area contributed by atoms with Crippen molar-refractivity contribution in [3.8, 4) is 0 Å². The molecule has 0 N–H and O–H groups in total. The van der Waals surface area contributed by atoms with Crippen molar-refractivity contribution in [1.82, 2.24) is 9.36 Å². The van der Waals surface area contributed by atoms with Crippen LogP contribution in [0.4, 0.5) is 0 Å². The number of carbonyl (C=O) groups is 1. The van der Waals surface area contributed by atoms with Gasteiger partial charge in [0.15, 0.2) is 0 Å². The highest BCUT2D eigenvalue weighted by Crippen LogP contribution is 2.13. The number of hydrogen-bond acceptors (Lipinski definition) is 4. The molecule has 0 unspecified atom stereocenters. The van der Waals surface area contributed by atoms with Crippen molar-refractivity contribution in [3.05, 3.63) is 51.0 Å². The maximum atomic E-state index is 12.5. The molecule has 6 nitrogen and oxygen atoms in total. The standard InChI is InChI=1S/C14H12N2O4/c1-20-14(19)11-7-4-8-15-12(17)9-5-2-3-6-10(9)13(18)16(11)15/h2-3,5-7H,4,8H2,1H3. The van der Waals surface area contributed by atoms with Gasteiger partial charge in [-0.15, -0.1) is 0 Å². The fourth-order valence-electron chi connectivity index (χ4n) is 2.44. The third-order valence-electron chi connectivity index (χ3n) is 3.36. The fraction of sp³-hybridized carbons (Fsp3) is 0.214. The number of hydrogen-bond donors (Lipinski definition) is 0. The Labute approximate surface area is 113 Å². The highest BCUT2D eigenvalue weighted by molar-refractivity contribution is 6.10. The van der Waals surface area contributed by atoms with Gasteiger partial charge in [-0.25, -0.2) is 14.2 Å². The van der Waals surface area contributed by atoms with Gasteiger partial charge >= 0.3 is 5.97 Å². The van der Waals surface area contributed by atoms with Gasteiger partial charge in [-0.3, -0.25) is 9.59 Å². The number of nitrogens with zero attached hydrogens (tertiary/aromatic N) is 2. The van der Waals surface area contributed by atoms with E-state index >= 15 is 0 Å². The molecule has 102 valence electrons. The van der Waals surface area contributed by atoms with Gasteiger partial charge in [-0.2, -0.15) is 0 Å². The second kappa shape index (κ2) is 4.48. The summed E-state index contributed by atoms with van der Waals surface area (Å²) in [5, 5.41) is 0.658. The van der Waals surface area contributed by atoms with E-state index in [9.17, 15) is 14.4 Å². The average molecular weight is 272 g/mol. The zero-order valence-corrected chi connectivity index (χ0v) is 10.8. The molecule has 2 aromatic rings. The van der Waals surface area contributed by atoms with E-state index in [0.717, 1.165) is 4.68 Å². The van der Waals surface area contributed by atoms with Crippen LogP contribution in [-0.2, 0) is 16.1 Å². The van der Waals surface area contributed by atoms with E-state index in [1.807, 2.05) is 0 Å². The van der Waals surface area contributed by atoms with Crippen LogP contribution in [0.3, 0.4) is 0 Å². The largest absolute Gasteiger partial charge is 0.464 e. The number of aromatic nitrogens is 2. The Morgan fingerprint density at radius 1 is 1.15 bits per heavy atom. The van der Waals surface area contributed by atoms with Crippen molar-refractivity contribution in [2.24, 2.45) is 0 Å². The van der Waals surface area contributed by atoms with Crippen LogP contribution in [0.1, 0.15) is 6.42 Å². The molecular weight excluding hydrogens is 260 g/mol.